The molecule has 34 heavy (non-hydrogen) atoms. The lowest BCUT2D eigenvalue weighted by atomic mass is 10.0. The average molecular weight is 484 g/mol. The SMILES string of the molecule is CCOC(=O)c1c(-c2ccc(OCC)cc2)csc1NC(=O)CCCOc1ccccc1OC. The Bertz CT molecular complexity index is 1090. The first kappa shape index (κ1) is 25.1. The van der Waals surface area contributed by atoms with E-state index < -0.39 is 5.97 Å². The first-order valence-electron chi connectivity index (χ1n) is 11.1. The van der Waals surface area contributed by atoms with E-state index in [9.17, 15) is 9.59 Å². The van der Waals surface area contributed by atoms with Gasteiger partial charge in [-0.2, -0.15) is 0 Å². The maximum atomic E-state index is 12.7. The standard InChI is InChI=1S/C26H29NO6S/c1-4-31-19-14-12-18(13-15-19)20-17-34-25(24(20)26(29)32-5-2)27-23(28)11-8-16-33-22-10-7-6-9-21(22)30-3/h6-7,9-10,12-15,17H,4-5,8,11,16H2,1-3H3,(H,27,28). The quantitative estimate of drug-likeness (QED) is 0.259. The minimum absolute atomic E-state index is 0.200. The van der Waals surface area contributed by atoms with E-state index >= 15 is 0 Å². The minimum atomic E-state index is -0.470. The van der Waals surface area contributed by atoms with E-state index in [1.807, 2.05) is 60.8 Å². The monoisotopic (exact) mass is 483 g/mol. The van der Waals surface area contributed by atoms with Crippen molar-refractivity contribution in [3.63, 3.8) is 0 Å². The second kappa shape index (κ2) is 12.6. The normalized spacial score (nSPS) is 10.4. The molecule has 0 aliphatic carbocycles. The molecule has 0 saturated carbocycles. The molecule has 0 radical (unpaired) electrons. The molecule has 1 amide bonds. The van der Waals surface area contributed by atoms with Gasteiger partial charge in [-0.15, -0.1) is 11.3 Å². The van der Waals surface area contributed by atoms with Gasteiger partial charge in [0.15, 0.2) is 11.5 Å². The Balaban J connectivity index is 1.66. The van der Waals surface area contributed by atoms with Crippen molar-refractivity contribution in [1.82, 2.24) is 0 Å². The molecule has 0 aliphatic heterocycles. The van der Waals surface area contributed by atoms with Crippen LogP contribution in [0.3, 0.4) is 0 Å². The van der Waals surface area contributed by atoms with Crippen LogP contribution in [0.4, 0.5) is 5.00 Å². The van der Waals surface area contributed by atoms with E-state index in [1.54, 1.807) is 14.0 Å². The molecule has 8 heteroatoms. The van der Waals surface area contributed by atoms with Crippen LogP contribution in [0.15, 0.2) is 53.9 Å². The predicted octanol–water partition coefficient (Wildman–Crippen LogP) is 5.80. The number of rotatable bonds is 12. The number of para-hydroxylation sites is 2. The molecule has 1 heterocycles. The number of methoxy groups -OCH3 is 1. The van der Waals surface area contributed by atoms with Gasteiger partial charge in [0, 0.05) is 17.4 Å². The summed E-state index contributed by atoms with van der Waals surface area (Å²) in [6.07, 6.45) is 0.753. The summed E-state index contributed by atoms with van der Waals surface area (Å²) < 4.78 is 21.7. The first-order valence-corrected chi connectivity index (χ1v) is 12.0. The molecule has 0 unspecified atom stereocenters. The Morgan fingerprint density at radius 1 is 0.941 bits per heavy atom. The van der Waals surface area contributed by atoms with Crippen LogP contribution < -0.4 is 19.5 Å². The fourth-order valence-corrected chi connectivity index (χ4v) is 4.28. The first-order chi connectivity index (χ1) is 16.6. The van der Waals surface area contributed by atoms with Crippen molar-refractivity contribution in [3.05, 3.63) is 59.5 Å². The Labute approximate surface area is 203 Å². The molecule has 0 spiro atoms. The third-order valence-corrected chi connectivity index (χ3v) is 5.77. The molecule has 0 atom stereocenters. The molecular formula is C26H29NO6S. The number of carbonyl (C=O) groups excluding carboxylic acids is 2. The highest BCUT2D eigenvalue weighted by molar-refractivity contribution is 7.15. The number of nitrogens with one attached hydrogen (secondary N) is 1. The number of thiophene rings is 1. The van der Waals surface area contributed by atoms with E-state index in [-0.39, 0.29) is 18.9 Å². The summed E-state index contributed by atoms with van der Waals surface area (Å²) in [5.41, 5.74) is 1.91. The average Bonchev–Trinajstić information content (AvgIpc) is 3.26. The summed E-state index contributed by atoms with van der Waals surface area (Å²) in [7, 11) is 1.58. The third-order valence-electron chi connectivity index (χ3n) is 4.87. The maximum absolute atomic E-state index is 12.7. The minimum Gasteiger partial charge on any atom is -0.494 e. The van der Waals surface area contributed by atoms with Crippen molar-refractivity contribution in [1.29, 1.82) is 0 Å². The van der Waals surface area contributed by atoms with Gasteiger partial charge < -0.3 is 24.3 Å². The van der Waals surface area contributed by atoms with E-state index in [0.717, 1.165) is 11.3 Å². The van der Waals surface area contributed by atoms with Crippen molar-refractivity contribution >= 4 is 28.2 Å². The van der Waals surface area contributed by atoms with Gasteiger partial charge in [-0.3, -0.25) is 4.79 Å². The number of anilines is 1. The van der Waals surface area contributed by atoms with Gasteiger partial charge in [-0.05, 0) is 50.1 Å². The van der Waals surface area contributed by atoms with E-state index in [0.29, 0.717) is 47.3 Å². The summed E-state index contributed by atoms with van der Waals surface area (Å²) in [5.74, 6) is 1.36. The van der Waals surface area contributed by atoms with Gasteiger partial charge in [-0.25, -0.2) is 4.79 Å². The smallest absolute Gasteiger partial charge is 0.341 e. The van der Waals surface area contributed by atoms with Crippen LogP contribution in [0.2, 0.25) is 0 Å². The number of hydrogen-bond acceptors (Lipinski definition) is 7. The molecule has 180 valence electrons. The third kappa shape index (κ3) is 6.51. The number of ether oxygens (including phenoxy) is 4. The van der Waals surface area contributed by atoms with Crippen LogP contribution >= 0.6 is 11.3 Å². The number of benzene rings is 2. The zero-order valence-electron chi connectivity index (χ0n) is 19.6. The zero-order valence-corrected chi connectivity index (χ0v) is 20.4. The van der Waals surface area contributed by atoms with Crippen molar-refractivity contribution in [3.8, 4) is 28.4 Å². The summed E-state index contributed by atoms with van der Waals surface area (Å²) in [4.78, 5) is 25.3. The Morgan fingerprint density at radius 2 is 1.68 bits per heavy atom. The summed E-state index contributed by atoms with van der Waals surface area (Å²) in [5, 5.41) is 5.19. The van der Waals surface area contributed by atoms with Crippen LogP contribution in [0.5, 0.6) is 17.2 Å². The van der Waals surface area contributed by atoms with Crippen LogP contribution in [0, 0.1) is 0 Å². The molecular weight excluding hydrogens is 454 g/mol. The molecule has 0 fully saturated rings. The van der Waals surface area contributed by atoms with Crippen LogP contribution in [0.1, 0.15) is 37.0 Å². The lowest BCUT2D eigenvalue weighted by molar-refractivity contribution is -0.116. The molecule has 0 saturated heterocycles. The second-order valence-corrected chi connectivity index (χ2v) is 8.06. The van der Waals surface area contributed by atoms with Gasteiger partial charge in [0.2, 0.25) is 5.91 Å². The zero-order chi connectivity index (χ0) is 24.3. The van der Waals surface area contributed by atoms with Gasteiger partial charge in [-0.1, -0.05) is 24.3 Å². The highest BCUT2D eigenvalue weighted by Crippen LogP contribution is 2.37. The summed E-state index contributed by atoms with van der Waals surface area (Å²) >= 11 is 1.30. The van der Waals surface area contributed by atoms with Crippen molar-refractivity contribution in [2.45, 2.75) is 26.7 Å². The summed E-state index contributed by atoms with van der Waals surface area (Å²) in [6.45, 7) is 4.85. The number of carbonyl (C=O) groups is 2. The number of amides is 1. The molecule has 0 aliphatic rings. The lowest BCUT2D eigenvalue weighted by Crippen LogP contribution is -2.15. The highest BCUT2D eigenvalue weighted by Gasteiger charge is 2.22. The Morgan fingerprint density at radius 3 is 2.35 bits per heavy atom. The molecule has 3 rings (SSSR count). The van der Waals surface area contributed by atoms with Crippen LogP contribution in [-0.4, -0.2) is 38.8 Å². The van der Waals surface area contributed by atoms with E-state index in [1.165, 1.54) is 11.3 Å². The topological polar surface area (TPSA) is 83.1 Å². The van der Waals surface area contributed by atoms with E-state index in [2.05, 4.69) is 5.32 Å². The second-order valence-electron chi connectivity index (χ2n) is 7.18. The van der Waals surface area contributed by atoms with Crippen LogP contribution in [-0.2, 0) is 9.53 Å². The highest BCUT2D eigenvalue weighted by atomic mass is 32.1. The molecule has 1 N–H and O–H groups in total. The van der Waals surface area contributed by atoms with Gasteiger partial charge in [0.25, 0.3) is 0 Å². The van der Waals surface area contributed by atoms with Crippen molar-refractivity contribution in [2.24, 2.45) is 0 Å². The number of hydrogen-bond donors (Lipinski definition) is 1. The predicted molar refractivity (Wildman–Crippen MR) is 133 cm³/mol. The fourth-order valence-electron chi connectivity index (χ4n) is 3.31. The molecule has 7 nitrogen and oxygen atoms in total. The lowest BCUT2D eigenvalue weighted by Gasteiger charge is -2.11. The number of esters is 1. The summed E-state index contributed by atoms with van der Waals surface area (Å²) in [6, 6.07) is 14.8. The van der Waals surface area contributed by atoms with Crippen molar-refractivity contribution in [2.75, 3.05) is 32.2 Å². The van der Waals surface area contributed by atoms with E-state index in [4.69, 9.17) is 18.9 Å². The van der Waals surface area contributed by atoms with Crippen molar-refractivity contribution < 1.29 is 28.5 Å². The molecule has 2 aromatic carbocycles. The van der Waals surface area contributed by atoms with Gasteiger partial charge in [0.05, 0.1) is 26.9 Å². The fraction of sp³-hybridized carbons (Fsp3) is 0.308. The largest absolute Gasteiger partial charge is 0.494 e. The molecule has 0 bridgehead atoms. The van der Waals surface area contributed by atoms with Gasteiger partial charge in [0.1, 0.15) is 16.3 Å². The Kier molecular flexibility index (Phi) is 9.34. The molecule has 3 aromatic rings. The van der Waals surface area contributed by atoms with Crippen LogP contribution in [0.25, 0.3) is 11.1 Å². The Hall–Kier alpha value is -3.52. The van der Waals surface area contributed by atoms with Gasteiger partial charge >= 0.3 is 5.97 Å². The molecule has 1 aromatic heterocycles. The maximum Gasteiger partial charge on any atom is 0.341 e.